The van der Waals surface area contributed by atoms with Gasteiger partial charge in [-0.3, -0.25) is 0 Å². The van der Waals surface area contributed by atoms with Gasteiger partial charge in [-0.25, -0.2) is 0 Å². The van der Waals surface area contributed by atoms with Crippen LogP contribution in [0.1, 0.15) is 71.1 Å². The molecule has 2 nitrogen and oxygen atoms in total. The van der Waals surface area contributed by atoms with Crippen molar-refractivity contribution in [3.63, 3.8) is 0 Å². The third kappa shape index (κ3) is 16.6. The Hall–Kier alpha value is 0.210. The zero-order valence-corrected chi connectivity index (χ0v) is 11.9. The molecule has 0 fully saturated rings. The SMILES string of the molecule is CCCCCCCCCCCCO[C-]=O.[Ag+]. The van der Waals surface area contributed by atoms with E-state index in [0.29, 0.717) is 6.61 Å². The van der Waals surface area contributed by atoms with Gasteiger partial charge < -0.3 is 9.53 Å². The second-order valence-electron chi connectivity index (χ2n) is 4.11. The van der Waals surface area contributed by atoms with Crippen LogP contribution in [0.4, 0.5) is 0 Å². The van der Waals surface area contributed by atoms with Crippen molar-refractivity contribution in [3.8, 4) is 0 Å². The number of carbonyl (C=O) groups excluding carboxylic acids is 1. The zero-order valence-electron chi connectivity index (χ0n) is 10.4. The summed E-state index contributed by atoms with van der Waals surface area (Å²) in [6.45, 7) is 4.24. The summed E-state index contributed by atoms with van der Waals surface area (Å²) in [5.74, 6) is 0. The van der Waals surface area contributed by atoms with Crippen LogP contribution in [0.25, 0.3) is 0 Å². The first-order valence-electron chi connectivity index (χ1n) is 6.40. The molecule has 3 heteroatoms. The van der Waals surface area contributed by atoms with Crippen LogP contribution in [-0.4, -0.2) is 13.1 Å². The second-order valence-corrected chi connectivity index (χ2v) is 4.11. The molecule has 16 heavy (non-hydrogen) atoms. The molecule has 0 aliphatic heterocycles. The van der Waals surface area contributed by atoms with Gasteiger partial charge in [-0.1, -0.05) is 71.2 Å². The van der Waals surface area contributed by atoms with Gasteiger partial charge in [0, 0.05) is 6.61 Å². The number of hydrogen-bond acceptors (Lipinski definition) is 2. The molecule has 100 valence electrons. The second kappa shape index (κ2) is 17.6. The molecule has 0 rings (SSSR count). The quantitative estimate of drug-likeness (QED) is 0.309. The normalized spacial score (nSPS) is 9.56. The minimum Gasteiger partial charge on any atom is -0.653 e. The number of ether oxygens (including phenoxy) is 1. The van der Waals surface area contributed by atoms with Gasteiger partial charge in [0.1, 0.15) is 0 Å². The minimum atomic E-state index is 0. The molecule has 0 aromatic carbocycles. The van der Waals surface area contributed by atoms with Gasteiger partial charge in [0.2, 0.25) is 0 Å². The van der Waals surface area contributed by atoms with Crippen LogP contribution in [0, 0.1) is 0 Å². The van der Waals surface area contributed by atoms with E-state index >= 15 is 0 Å². The van der Waals surface area contributed by atoms with Gasteiger partial charge in [-0.15, -0.1) is 0 Å². The molecule has 0 bridgehead atoms. The van der Waals surface area contributed by atoms with E-state index < -0.39 is 0 Å². The van der Waals surface area contributed by atoms with Crippen molar-refractivity contribution in [2.45, 2.75) is 71.1 Å². The van der Waals surface area contributed by atoms with Crippen LogP contribution in [0.2, 0.25) is 0 Å². The number of hydrogen-bond donors (Lipinski definition) is 0. The van der Waals surface area contributed by atoms with E-state index in [4.69, 9.17) is 0 Å². The summed E-state index contributed by atoms with van der Waals surface area (Å²) in [6.07, 6.45) is 13.0. The van der Waals surface area contributed by atoms with Crippen LogP contribution in [0.5, 0.6) is 0 Å². The molecule has 0 saturated heterocycles. The van der Waals surface area contributed by atoms with E-state index in [2.05, 4.69) is 11.7 Å². The maximum Gasteiger partial charge on any atom is 1.00 e. The fraction of sp³-hybridized carbons (Fsp3) is 0.923. The fourth-order valence-electron chi connectivity index (χ4n) is 1.70. The molecule has 0 radical (unpaired) electrons. The maximum absolute atomic E-state index is 9.72. The van der Waals surface area contributed by atoms with E-state index in [-0.39, 0.29) is 22.4 Å². The van der Waals surface area contributed by atoms with Crippen LogP contribution >= 0.6 is 0 Å². The Bertz CT molecular complexity index is 129. The molecule has 0 N–H and O–H groups in total. The van der Waals surface area contributed by atoms with Crippen LogP contribution in [0.3, 0.4) is 0 Å². The molecular formula is C13H25AgO2. The summed E-state index contributed by atoms with van der Waals surface area (Å²) in [5.41, 5.74) is 0. The predicted molar refractivity (Wildman–Crippen MR) is 63.5 cm³/mol. The summed E-state index contributed by atoms with van der Waals surface area (Å²) in [7, 11) is 0. The third-order valence-electron chi connectivity index (χ3n) is 2.66. The van der Waals surface area contributed by atoms with Crippen molar-refractivity contribution in [1.29, 1.82) is 0 Å². The number of rotatable bonds is 12. The smallest absolute Gasteiger partial charge is 0.653 e. The van der Waals surface area contributed by atoms with Crippen molar-refractivity contribution in [2.24, 2.45) is 0 Å². The molecule has 0 saturated carbocycles. The van der Waals surface area contributed by atoms with Crippen LogP contribution in [-0.2, 0) is 31.9 Å². The summed E-state index contributed by atoms with van der Waals surface area (Å²) < 4.78 is 4.50. The topological polar surface area (TPSA) is 26.3 Å². The van der Waals surface area contributed by atoms with E-state index in [0.717, 1.165) is 6.42 Å². The Morgan fingerprint density at radius 2 is 1.25 bits per heavy atom. The Kier molecular flexibility index (Phi) is 20.4. The van der Waals surface area contributed by atoms with E-state index in [9.17, 15) is 4.79 Å². The number of unbranched alkanes of at least 4 members (excludes halogenated alkanes) is 9. The molecular weight excluding hydrogens is 296 g/mol. The first-order chi connectivity index (χ1) is 7.41. The summed E-state index contributed by atoms with van der Waals surface area (Å²) in [6, 6.07) is 0. The third-order valence-corrected chi connectivity index (χ3v) is 2.66. The molecule has 0 aromatic rings. The molecule has 0 aliphatic carbocycles. The summed E-state index contributed by atoms with van der Waals surface area (Å²) in [5, 5.41) is 0. The molecule has 0 unspecified atom stereocenters. The molecule has 0 spiro atoms. The van der Waals surface area contributed by atoms with Crippen molar-refractivity contribution in [3.05, 3.63) is 0 Å². The van der Waals surface area contributed by atoms with E-state index in [1.54, 1.807) is 0 Å². The Morgan fingerprint density at radius 3 is 1.69 bits per heavy atom. The average molecular weight is 321 g/mol. The van der Waals surface area contributed by atoms with Gasteiger partial charge in [0.25, 0.3) is 0 Å². The monoisotopic (exact) mass is 320 g/mol. The van der Waals surface area contributed by atoms with Crippen LogP contribution < -0.4 is 0 Å². The average Bonchev–Trinajstić information content (AvgIpc) is 2.26. The standard InChI is InChI=1S/C13H25O2.Ag/c1-2-3-4-5-6-7-8-9-10-11-12-15-13-14;/h2-12H2,1H3;/q-1;+1. The first-order valence-corrected chi connectivity index (χ1v) is 6.40. The van der Waals surface area contributed by atoms with Crippen molar-refractivity contribution >= 4 is 6.47 Å². The molecule has 0 aromatic heterocycles. The van der Waals surface area contributed by atoms with Gasteiger partial charge >= 0.3 is 22.4 Å². The Morgan fingerprint density at radius 1 is 0.812 bits per heavy atom. The van der Waals surface area contributed by atoms with E-state index in [1.165, 1.54) is 64.3 Å². The van der Waals surface area contributed by atoms with Gasteiger partial charge in [-0.05, 0) is 6.42 Å². The summed E-state index contributed by atoms with van der Waals surface area (Å²) >= 11 is 0. The Balaban J connectivity index is 0. The first kappa shape index (κ1) is 18.6. The molecule has 0 heterocycles. The van der Waals surface area contributed by atoms with Crippen LogP contribution in [0.15, 0.2) is 0 Å². The molecule has 0 atom stereocenters. The predicted octanol–water partition coefficient (Wildman–Crippen LogP) is 3.99. The maximum atomic E-state index is 9.72. The van der Waals surface area contributed by atoms with Crippen molar-refractivity contribution in [2.75, 3.05) is 6.61 Å². The van der Waals surface area contributed by atoms with Gasteiger partial charge in [0.05, 0.1) is 0 Å². The largest absolute Gasteiger partial charge is 1.00 e. The molecule has 0 amide bonds. The molecule has 0 aliphatic rings. The fourth-order valence-corrected chi connectivity index (χ4v) is 1.70. The Labute approximate surface area is 116 Å². The zero-order chi connectivity index (χ0) is 11.2. The van der Waals surface area contributed by atoms with Gasteiger partial charge in [0.15, 0.2) is 0 Å². The summed E-state index contributed by atoms with van der Waals surface area (Å²) in [4.78, 5) is 9.72. The minimum absolute atomic E-state index is 0. The van der Waals surface area contributed by atoms with Gasteiger partial charge in [-0.2, -0.15) is 0 Å². The van der Waals surface area contributed by atoms with Crippen molar-refractivity contribution < 1.29 is 31.9 Å². The van der Waals surface area contributed by atoms with E-state index in [1.807, 2.05) is 0 Å². The van der Waals surface area contributed by atoms with Crippen molar-refractivity contribution in [1.82, 2.24) is 0 Å².